The Morgan fingerprint density at radius 1 is 1.10 bits per heavy atom. The molecule has 2 heterocycles. The van der Waals surface area contributed by atoms with Gasteiger partial charge in [0.15, 0.2) is 5.96 Å². The molecule has 1 saturated heterocycles. The number of benzene rings is 1. The molecule has 172 valence electrons. The van der Waals surface area contributed by atoms with E-state index in [1.54, 1.807) is 20.2 Å². The van der Waals surface area contributed by atoms with Crippen molar-refractivity contribution in [3.63, 3.8) is 0 Å². The van der Waals surface area contributed by atoms with E-state index in [1.165, 1.54) is 21.2 Å². The monoisotopic (exact) mass is 577 g/mol. The van der Waals surface area contributed by atoms with Crippen molar-refractivity contribution in [2.24, 2.45) is 4.99 Å². The van der Waals surface area contributed by atoms with Crippen molar-refractivity contribution >= 4 is 51.3 Å². The topological polar surface area (TPSA) is 68.2 Å². The van der Waals surface area contributed by atoms with E-state index in [1.807, 2.05) is 12.1 Å². The van der Waals surface area contributed by atoms with Crippen molar-refractivity contribution in [2.45, 2.75) is 24.2 Å². The van der Waals surface area contributed by atoms with Crippen LogP contribution in [0.3, 0.4) is 0 Å². The molecule has 1 aliphatic rings. The molecule has 0 atom stereocenters. The fourth-order valence-corrected chi connectivity index (χ4v) is 5.75. The standard InChI is InChI=1S/C21H31N5O2S2.HI/c1-4-22-21(23-16-19-10-11-20(29-19)30(27,28)24(2)3)26-14-12-25(13-15-26)17-18-8-6-5-7-9-18;/h5-11H,4,12-17H2,1-3H3,(H,22,23);1H. The number of sulfonamides is 1. The Morgan fingerprint density at radius 3 is 2.39 bits per heavy atom. The van der Waals surface area contributed by atoms with Gasteiger partial charge in [-0.2, -0.15) is 0 Å². The smallest absolute Gasteiger partial charge is 0.252 e. The molecule has 1 aliphatic heterocycles. The van der Waals surface area contributed by atoms with E-state index in [9.17, 15) is 8.42 Å². The van der Waals surface area contributed by atoms with Crippen LogP contribution in [-0.4, -0.2) is 75.3 Å². The fraction of sp³-hybridized carbons (Fsp3) is 0.476. The quantitative estimate of drug-likeness (QED) is 0.312. The summed E-state index contributed by atoms with van der Waals surface area (Å²) in [6.07, 6.45) is 0. The second-order valence-corrected chi connectivity index (χ2v) is 11.0. The highest BCUT2D eigenvalue weighted by Gasteiger charge is 2.21. The van der Waals surface area contributed by atoms with Gasteiger partial charge in [0, 0.05) is 58.2 Å². The second kappa shape index (κ2) is 12.1. The molecule has 0 amide bonds. The van der Waals surface area contributed by atoms with Gasteiger partial charge in [-0.25, -0.2) is 17.7 Å². The van der Waals surface area contributed by atoms with Crippen molar-refractivity contribution in [3.8, 4) is 0 Å². The summed E-state index contributed by atoms with van der Waals surface area (Å²) < 4.78 is 26.1. The number of piperazine rings is 1. The normalized spacial score (nSPS) is 15.7. The van der Waals surface area contributed by atoms with Crippen molar-refractivity contribution in [1.82, 2.24) is 19.4 Å². The van der Waals surface area contributed by atoms with Gasteiger partial charge < -0.3 is 10.2 Å². The largest absolute Gasteiger partial charge is 0.357 e. The van der Waals surface area contributed by atoms with Gasteiger partial charge in [-0.3, -0.25) is 4.90 Å². The molecule has 0 spiro atoms. The van der Waals surface area contributed by atoms with Crippen molar-refractivity contribution < 1.29 is 8.42 Å². The summed E-state index contributed by atoms with van der Waals surface area (Å²) in [6.45, 7) is 8.13. The Bertz CT molecular complexity index is 940. The third-order valence-electron chi connectivity index (χ3n) is 5.01. The van der Waals surface area contributed by atoms with Gasteiger partial charge in [0.2, 0.25) is 0 Å². The van der Waals surface area contributed by atoms with Crippen LogP contribution in [0, 0.1) is 0 Å². The predicted molar refractivity (Wildman–Crippen MR) is 139 cm³/mol. The molecule has 0 aliphatic carbocycles. The SMILES string of the molecule is CCNC(=NCc1ccc(S(=O)(=O)N(C)C)s1)N1CCN(Cc2ccccc2)CC1.I. The maximum atomic E-state index is 12.3. The zero-order valence-corrected chi connectivity index (χ0v) is 22.3. The van der Waals surface area contributed by atoms with Gasteiger partial charge in [0.25, 0.3) is 10.0 Å². The molecule has 10 heteroatoms. The summed E-state index contributed by atoms with van der Waals surface area (Å²) in [5.41, 5.74) is 1.34. The zero-order valence-electron chi connectivity index (χ0n) is 18.3. The van der Waals surface area contributed by atoms with Gasteiger partial charge in [-0.15, -0.1) is 35.3 Å². The molecule has 0 radical (unpaired) electrons. The maximum absolute atomic E-state index is 12.3. The maximum Gasteiger partial charge on any atom is 0.252 e. The van der Waals surface area contributed by atoms with E-state index in [4.69, 9.17) is 4.99 Å². The first kappa shape index (κ1) is 26.0. The van der Waals surface area contributed by atoms with E-state index in [2.05, 4.69) is 46.3 Å². The first-order valence-corrected chi connectivity index (χ1v) is 12.5. The number of rotatable bonds is 7. The van der Waals surface area contributed by atoms with Crippen LogP contribution in [0.1, 0.15) is 17.4 Å². The third kappa shape index (κ3) is 7.14. The molecule has 31 heavy (non-hydrogen) atoms. The average molecular weight is 578 g/mol. The minimum absolute atomic E-state index is 0. The van der Waals surface area contributed by atoms with Crippen LogP contribution in [0.5, 0.6) is 0 Å². The lowest BCUT2D eigenvalue weighted by Gasteiger charge is -2.36. The van der Waals surface area contributed by atoms with Crippen LogP contribution < -0.4 is 5.32 Å². The molecule has 2 aromatic rings. The summed E-state index contributed by atoms with van der Waals surface area (Å²) in [4.78, 5) is 10.5. The molecule has 1 aromatic carbocycles. The average Bonchev–Trinajstić information content (AvgIpc) is 3.22. The second-order valence-electron chi connectivity index (χ2n) is 7.43. The molecule has 3 rings (SSSR count). The van der Waals surface area contributed by atoms with Gasteiger partial charge >= 0.3 is 0 Å². The van der Waals surface area contributed by atoms with Gasteiger partial charge in [0.1, 0.15) is 4.21 Å². The number of hydrogen-bond acceptors (Lipinski definition) is 5. The molecule has 0 unspecified atom stereocenters. The van der Waals surface area contributed by atoms with E-state index in [-0.39, 0.29) is 24.0 Å². The Labute approximate surface area is 207 Å². The molecule has 1 fully saturated rings. The Morgan fingerprint density at radius 2 is 1.77 bits per heavy atom. The van der Waals surface area contributed by atoms with E-state index in [0.717, 1.165) is 50.1 Å². The molecule has 1 aromatic heterocycles. The lowest BCUT2D eigenvalue weighted by molar-refractivity contribution is 0.172. The summed E-state index contributed by atoms with van der Waals surface area (Å²) in [5.74, 6) is 0.891. The summed E-state index contributed by atoms with van der Waals surface area (Å²) in [6, 6.07) is 14.1. The molecule has 0 bridgehead atoms. The number of aliphatic imine (C=N–C) groups is 1. The van der Waals surface area contributed by atoms with Gasteiger partial charge in [0.05, 0.1) is 6.54 Å². The van der Waals surface area contributed by atoms with E-state index < -0.39 is 10.0 Å². The zero-order chi connectivity index (χ0) is 21.6. The van der Waals surface area contributed by atoms with E-state index in [0.29, 0.717) is 10.8 Å². The van der Waals surface area contributed by atoms with Crippen LogP contribution in [0.25, 0.3) is 0 Å². The van der Waals surface area contributed by atoms with Crippen LogP contribution in [-0.2, 0) is 23.1 Å². The summed E-state index contributed by atoms with van der Waals surface area (Å²) in [7, 11) is -0.287. The van der Waals surface area contributed by atoms with Crippen molar-refractivity contribution in [1.29, 1.82) is 0 Å². The van der Waals surface area contributed by atoms with Crippen LogP contribution in [0.4, 0.5) is 0 Å². The lowest BCUT2D eigenvalue weighted by Crippen LogP contribution is -2.52. The Balaban J connectivity index is 0.00000341. The highest BCUT2D eigenvalue weighted by Crippen LogP contribution is 2.24. The highest BCUT2D eigenvalue weighted by molar-refractivity contribution is 14.0. The molecular weight excluding hydrogens is 545 g/mol. The van der Waals surface area contributed by atoms with Crippen LogP contribution >= 0.6 is 35.3 Å². The number of nitrogens with zero attached hydrogens (tertiary/aromatic N) is 4. The van der Waals surface area contributed by atoms with Gasteiger partial charge in [-0.1, -0.05) is 30.3 Å². The number of thiophene rings is 1. The minimum Gasteiger partial charge on any atom is -0.357 e. The molecule has 1 N–H and O–H groups in total. The van der Waals surface area contributed by atoms with Crippen molar-refractivity contribution in [3.05, 3.63) is 52.9 Å². The molecule has 0 saturated carbocycles. The summed E-state index contributed by atoms with van der Waals surface area (Å²) in [5, 5.41) is 3.38. The number of nitrogens with one attached hydrogen (secondary N) is 1. The van der Waals surface area contributed by atoms with E-state index >= 15 is 0 Å². The highest BCUT2D eigenvalue weighted by atomic mass is 127. The Kier molecular flexibility index (Phi) is 10.2. The summed E-state index contributed by atoms with van der Waals surface area (Å²) >= 11 is 1.29. The predicted octanol–water partition coefficient (Wildman–Crippen LogP) is 2.90. The molecule has 7 nitrogen and oxygen atoms in total. The first-order chi connectivity index (χ1) is 14.4. The number of guanidine groups is 1. The molecular formula is C21H32IN5O2S2. The Hall–Kier alpha value is -1.21. The lowest BCUT2D eigenvalue weighted by atomic mass is 10.2. The number of hydrogen-bond donors (Lipinski definition) is 1. The van der Waals surface area contributed by atoms with Crippen LogP contribution in [0.2, 0.25) is 0 Å². The number of halogens is 1. The first-order valence-electron chi connectivity index (χ1n) is 10.2. The third-order valence-corrected chi connectivity index (χ3v) is 8.36. The van der Waals surface area contributed by atoms with Crippen LogP contribution in [0.15, 0.2) is 51.7 Å². The van der Waals surface area contributed by atoms with Gasteiger partial charge in [-0.05, 0) is 24.6 Å². The fourth-order valence-electron chi connectivity index (χ4n) is 3.30. The van der Waals surface area contributed by atoms with Crippen molar-refractivity contribution in [2.75, 3.05) is 46.8 Å². The minimum atomic E-state index is -3.39.